The molecule has 0 fully saturated rings. The first-order chi connectivity index (χ1) is 5.00. The van der Waals surface area contributed by atoms with Crippen LogP contribution in [0.3, 0.4) is 0 Å². The van der Waals surface area contributed by atoms with Crippen molar-refractivity contribution >= 4 is 12.3 Å². The lowest BCUT2D eigenvalue weighted by Gasteiger charge is -2.23. The third kappa shape index (κ3) is 2.67. The van der Waals surface area contributed by atoms with E-state index in [2.05, 4.69) is 0 Å². The van der Waals surface area contributed by atoms with Crippen molar-refractivity contribution in [2.24, 2.45) is 0 Å². The molecular formula is C7H13NO3. The van der Waals surface area contributed by atoms with Gasteiger partial charge in [-0.1, -0.05) is 0 Å². The Morgan fingerprint density at radius 2 is 2.00 bits per heavy atom. The van der Waals surface area contributed by atoms with Crippen LogP contribution in [0.4, 0.5) is 0 Å². The van der Waals surface area contributed by atoms with E-state index in [1.807, 2.05) is 0 Å². The zero-order valence-corrected chi connectivity index (χ0v) is 6.94. The van der Waals surface area contributed by atoms with Crippen molar-refractivity contribution in [1.29, 1.82) is 0 Å². The van der Waals surface area contributed by atoms with Crippen LogP contribution in [-0.4, -0.2) is 41.4 Å². The number of carboxylic acid groups (broad SMARTS) is 1. The van der Waals surface area contributed by atoms with E-state index in [0.29, 0.717) is 0 Å². The van der Waals surface area contributed by atoms with E-state index in [1.54, 1.807) is 20.9 Å². The molecule has 0 aromatic heterocycles. The van der Waals surface area contributed by atoms with Gasteiger partial charge in [-0.15, -0.1) is 0 Å². The molecule has 0 amide bonds. The van der Waals surface area contributed by atoms with Gasteiger partial charge in [0.1, 0.15) is 12.3 Å². The summed E-state index contributed by atoms with van der Waals surface area (Å²) in [7, 11) is 1.61. The van der Waals surface area contributed by atoms with Crippen LogP contribution >= 0.6 is 0 Å². The maximum absolute atomic E-state index is 10.4. The third-order valence-electron chi connectivity index (χ3n) is 1.81. The lowest BCUT2D eigenvalue weighted by Crippen LogP contribution is -2.42. The molecule has 0 aliphatic carbocycles. The van der Waals surface area contributed by atoms with Crippen molar-refractivity contribution in [3.63, 3.8) is 0 Å². The SMILES string of the molecule is CC(C=O)N(C)C(C)C(=O)O. The number of carbonyl (C=O) groups excluding carboxylic acids is 1. The first kappa shape index (κ1) is 10.1. The predicted molar refractivity (Wildman–Crippen MR) is 40.4 cm³/mol. The number of aldehydes is 1. The van der Waals surface area contributed by atoms with E-state index in [9.17, 15) is 9.59 Å². The second-order valence-corrected chi connectivity index (χ2v) is 2.56. The summed E-state index contributed by atoms with van der Waals surface area (Å²) in [6, 6.07) is -0.962. The van der Waals surface area contributed by atoms with Crippen molar-refractivity contribution in [2.45, 2.75) is 25.9 Å². The molecule has 0 saturated carbocycles. The highest BCUT2D eigenvalue weighted by Crippen LogP contribution is 1.99. The molecule has 0 aromatic carbocycles. The fourth-order valence-electron chi connectivity index (χ4n) is 0.623. The number of carbonyl (C=O) groups is 2. The van der Waals surface area contributed by atoms with Crippen molar-refractivity contribution in [2.75, 3.05) is 7.05 Å². The highest BCUT2D eigenvalue weighted by molar-refractivity contribution is 5.73. The number of hydrogen-bond donors (Lipinski definition) is 1. The van der Waals surface area contributed by atoms with Gasteiger partial charge < -0.3 is 9.90 Å². The van der Waals surface area contributed by atoms with Crippen LogP contribution in [-0.2, 0) is 9.59 Å². The van der Waals surface area contributed by atoms with Gasteiger partial charge in [0.2, 0.25) is 0 Å². The molecule has 2 atom stereocenters. The van der Waals surface area contributed by atoms with Gasteiger partial charge >= 0.3 is 5.97 Å². The van der Waals surface area contributed by atoms with E-state index in [-0.39, 0.29) is 6.04 Å². The van der Waals surface area contributed by atoms with Gasteiger partial charge in [-0.05, 0) is 20.9 Å². The minimum atomic E-state index is -0.916. The second kappa shape index (κ2) is 4.08. The molecule has 1 N–H and O–H groups in total. The summed E-state index contributed by atoms with van der Waals surface area (Å²) < 4.78 is 0. The maximum Gasteiger partial charge on any atom is 0.320 e. The first-order valence-corrected chi connectivity index (χ1v) is 3.40. The number of aliphatic carboxylic acids is 1. The van der Waals surface area contributed by atoms with E-state index in [0.717, 1.165) is 6.29 Å². The summed E-state index contributed by atoms with van der Waals surface area (Å²) in [5, 5.41) is 8.54. The lowest BCUT2D eigenvalue weighted by atomic mass is 10.2. The second-order valence-electron chi connectivity index (χ2n) is 2.56. The lowest BCUT2D eigenvalue weighted by molar-refractivity contribution is -0.143. The quantitative estimate of drug-likeness (QED) is 0.585. The molecule has 0 saturated heterocycles. The average Bonchev–Trinajstić information content (AvgIpc) is 2.00. The summed E-state index contributed by atoms with van der Waals surface area (Å²) in [6.07, 6.45) is 0.722. The van der Waals surface area contributed by atoms with E-state index in [4.69, 9.17) is 5.11 Å². The molecule has 0 radical (unpaired) electrons. The highest BCUT2D eigenvalue weighted by Gasteiger charge is 2.20. The molecule has 64 valence electrons. The van der Waals surface area contributed by atoms with Crippen molar-refractivity contribution in [1.82, 2.24) is 4.90 Å². The minimum absolute atomic E-state index is 0.346. The van der Waals surface area contributed by atoms with Crippen molar-refractivity contribution in [3.8, 4) is 0 Å². The normalized spacial score (nSPS) is 16.0. The molecule has 11 heavy (non-hydrogen) atoms. The van der Waals surface area contributed by atoms with Crippen LogP contribution < -0.4 is 0 Å². The summed E-state index contributed by atoms with van der Waals surface area (Å²) in [5.41, 5.74) is 0. The first-order valence-electron chi connectivity index (χ1n) is 3.40. The summed E-state index contributed by atoms with van der Waals surface area (Å²) in [5.74, 6) is -0.916. The third-order valence-corrected chi connectivity index (χ3v) is 1.81. The van der Waals surface area contributed by atoms with Crippen molar-refractivity contribution < 1.29 is 14.7 Å². The predicted octanol–water partition coefficient (Wildman–Crippen LogP) is -0.0213. The van der Waals surface area contributed by atoms with Crippen LogP contribution in [0.2, 0.25) is 0 Å². The molecule has 4 heteroatoms. The Morgan fingerprint density at radius 3 is 2.27 bits per heavy atom. The Balaban J connectivity index is 4.11. The summed E-state index contributed by atoms with van der Waals surface area (Å²) in [4.78, 5) is 22.1. The highest BCUT2D eigenvalue weighted by atomic mass is 16.4. The van der Waals surface area contributed by atoms with E-state index in [1.165, 1.54) is 4.90 Å². The molecule has 0 aliphatic rings. The number of likely N-dealkylation sites (N-methyl/N-ethyl adjacent to an activating group) is 1. The maximum atomic E-state index is 10.4. The Labute approximate surface area is 65.8 Å². The zero-order chi connectivity index (χ0) is 9.02. The van der Waals surface area contributed by atoms with Crippen LogP contribution in [0.25, 0.3) is 0 Å². The van der Waals surface area contributed by atoms with Gasteiger partial charge in [0.05, 0.1) is 6.04 Å². The fraction of sp³-hybridized carbons (Fsp3) is 0.714. The monoisotopic (exact) mass is 159 g/mol. The van der Waals surface area contributed by atoms with Crippen LogP contribution in [0, 0.1) is 0 Å². The number of carboxylic acids is 1. The van der Waals surface area contributed by atoms with E-state index < -0.39 is 12.0 Å². The minimum Gasteiger partial charge on any atom is -0.480 e. The Kier molecular flexibility index (Phi) is 3.74. The summed E-state index contributed by atoms with van der Waals surface area (Å²) >= 11 is 0. The molecule has 0 aromatic rings. The zero-order valence-electron chi connectivity index (χ0n) is 6.94. The molecular weight excluding hydrogens is 146 g/mol. The standard InChI is InChI=1S/C7H13NO3/c1-5(4-9)8(3)6(2)7(10)11/h4-6H,1-3H3,(H,10,11). The van der Waals surface area contributed by atoms with E-state index >= 15 is 0 Å². The Hall–Kier alpha value is -0.900. The van der Waals surface area contributed by atoms with Gasteiger partial charge in [0.15, 0.2) is 0 Å². The van der Waals surface area contributed by atoms with Crippen molar-refractivity contribution in [3.05, 3.63) is 0 Å². The van der Waals surface area contributed by atoms with Gasteiger partial charge in [-0.2, -0.15) is 0 Å². The Morgan fingerprint density at radius 1 is 1.55 bits per heavy atom. The van der Waals surface area contributed by atoms with Crippen LogP contribution in [0.15, 0.2) is 0 Å². The van der Waals surface area contributed by atoms with Crippen LogP contribution in [0.5, 0.6) is 0 Å². The van der Waals surface area contributed by atoms with Gasteiger partial charge in [-0.25, -0.2) is 0 Å². The van der Waals surface area contributed by atoms with Gasteiger partial charge in [0, 0.05) is 0 Å². The average molecular weight is 159 g/mol. The molecule has 0 aliphatic heterocycles. The summed E-state index contributed by atoms with van der Waals surface area (Å²) in [6.45, 7) is 3.20. The number of hydrogen-bond acceptors (Lipinski definition) is 3. The molecule has 0 heterocycles. The van der Waals surface area contributed by atoms with Gasteiger partial charge in [0.25, 0.3) is 0 Å². The largest absolute Gasteiger partial charge is 0.480 e. The molecule has 0 rings (SSSR count). The molecule has 4 nitrogen and oxygen atoms in total. The Bertz CT molecular complexity index is 158. The number of rotatable bonds is 4. The number of nitrogens with zero attached hydrogens (tertiary/aromatic N) is 1. The fourth-order valence-corrected chi connectivity index (χ4v) is 0.623. The van der Waals surface area contributed by atoms with Crippen LogP contribution in [0.1, 0.15) is 13.8 Å². The molecule has 2 unspecified atom stereocenters. The molecule has 0 spiro atoms. The topological polar surface area (TPSA) is 57.6 Å². The van der Waals surface area contributed by atoms with Gasteiger partial charge in [-0.3, -0.25) is 9.69 Å². The molecule has 0 bridgehead atoms. The smallest absolute Gasteiger partial charge is 0.320 e.